The van der Waals surface area contributed by atoms with Gasteiger partial charge in [0.1, 0.15) is 0 Å². The first-order valence-corrected chi connectivity index (χ1v) is 4.80. The standard InChI is InChI=1S/C9H12INO/c1-11(12-2)7-8-4-3-5-9(10)6-8/h3-6H,7H2,1-2H3. The van der Waals surface area contributed by atoms with Gasteiger partial charge in [-0.1, -0.05) is 12.1 Å². The number of halogens is 1. The first-order valence-electron chi connectivity index (χ1n) is 3.72. The smallest absolute Gasteiger partial charge is 0.0575 e. The van der Waals surface area contributed by atoms with Crippen molar-refractivity contribution >= 4 is 22.6 Å². The molecule has 0 aliphatic rings. The van der Waals surface area contributed by atoms with E-state index in [-0.39, 0.29) is 0 Å². The SMILES string of the molecule is CON(C)Cc1cccc(I)c1. The van der Waals surface area contributed by atoms with Crippen molar-refractivity contribution < 1.29 is 4.84 Å². The third kappa shape index (κ3) is 3.08. The molecule has 1 rings (SSSR count). The Hall–Kier alpha value is -0.130. The predicted octanol–water partition coefficient (Wildman–Crippen LogP) is 2.28. The summed E-state index contributed by atoms with van der Waals surface area (Å²) < 4.78 is 1.26. The third-order valence-corrected chi connectivity index (χ3v) is 2.28. The summed E-state index contributed by atoms with van der Waals surface area (Å²) in [6.07, 6.45) is 0. The fourth-order valence-corrected chi connectivity index (χ4v) is 1.56. The molecule has 0 bridgehead atoms. The lowest BCUT2D eigenvalue weighted by atomic mass is 10.2. The maximum Gasteiger partial charge on any atom is 0.0575 e. The van der Waals surface area contributed by atoms with Gasteiger partial charge < -0.3 is 4.84 Å². The number of nitrogens with zero attached hydrogens (tertiary/aromatic N) is 1. The second-order valence-electron chi connectivity index (χ2n) is 2.60. The van der Waals surface area contributed by atoms with E-state index in [0.717, 1.165) is 6.54 Å². The van der Waals surface area contributed by atoms with Crippen LogP contribution in [0.5, 0.6) is 0 Å². The number of hydrogen-bond donors (Lipinski definition) is 0. The molecule has 2 nitrogen and oxygen atoms in total. The number of hydroxylamine groups is 2. The lowest BCUT2D eigenvalue weighted by Gasteiger charge is -2.13. The van der Waals surface area contributed by atoms with E-state index in [1.54, 1.807) is 12.2 Å². The highest BCUT2D eigenvalue weighted by molar-refractivity contribution is 14.1. The molecule has 0 aromatic heterocycles. The fraction of sp³-hybridized carbons (Fsp3) is 0.333. The molecule has 0 unspecified atom stereocenters. The molecular formula is C9H12INO. The number of rotatable bonds is 3. The Morgan fingerprint density at radius 1 is 1.50 bits per heavy atom. The fourth-order valence-electron chi connectivity index (χ4n) is 0.957. The van der Waals surface area contributed by atoms with E-state index in [9.17, 15) is 0 Å². The van der Waals surface area contributed by atoms with Gasteiger partial charge >= 0.3 is 0 Å². The average molecular weight is 277 g/mol. The van der Waals surface area contributed by atoms with Crippen LogP contribution in [0.15, 0.2) is 24.3 Å². The first kappa shape index (κ1) is 9.95. The van der Waals surface area contributed by atoms with Crippen LogP contribution in [0.2, 0.25) is 0 Å². The summed E-state index contributed by atoms with van der Waals surface area (Å²) in [5.41, 5.74) is 1.27. The van der Waals surface area contributed by atoms with Crippen LogP contribution in [0.4, 0.5) is 0 Å². The van der Waals surface area contributed by atoms with Gasteiger partial charge in [-0.3, -0.25) is 0 Å². The number of benzene rings is 1. The van der Waals surface area contributed by atoms with Crippen molar-refractivity contribution in [3.8, 4) is 0 Å². The lowest BCUT2D eigenvalue weighted by molar-refractivity contribution is -0.116. The van der Waals surface area contributed by atoms with Gasteiger partial charge in [0.05, 0.1) is 7.11 Å². The summed E-state index contributed by atoms with van der Waals surface area (Å²) in [5, 5.41) is 1.80. The predicted molar refractivity (Wildman–Crippen MR) is 57.6 cm³/mol. The third-order valence-electron chi connectivity index (χ3n) is 1.61. The first-order chi connectivity index (χ1) is 5.72. The quantitative estimate of drug-likeness (QED) is 0.621. The largest absolute Gasteiger partial charge is 0.302 e. The summed E-state index contributed by atoms with van der Waals surface area (Å²) in [5.74, 6) is 0. The molecule has 0 aliphatic heterocycles. The van der Waals surface area contributed by atoms with Crippen LogP contribution in [0.1, 0.15) is 5.56 Å². The van der Waals surface area contributed by atoms with Crippen molar-refractivity contribution in [3.05, 3.63) is 33.4 Å². The maximum atomic E-state index is 5.02. The van der Waals surface area contributed by atoms with E-state index in [0.29, 0.717) is 0 Å². The van der Waals surface area contributed by atoms with Crippen molar-refractivity contribution in [2.75, 3.05) is 14.2 Å². The van der Waals surface area contributed by atoms with Gasteiger partial charge in [-0.15, -0.1) is 0 Å². The zero-order chi connectivity index (χ0) is 8.97. The molecular weight excluding hydrogens is 265 g/mol. The molecule has 0 radical (unpaired) electrons. The summed E-state index contributed by atoms with van der Waals surface area (Å²) in [7, 11) is 3.59. The molecule has 0 saturated heterocycles. The molecule has 3 heteroatoms. The molecule has 66 valence electrons. The maximum absolute atomic E-state index is 5.02. The van der Waals surface area contributed by atoms with Crippen LogP contribution in [-0.4, -0.2) is 19.2 Å². The molecule has 0 spiro atoms. The second kappa shape index (κ2) is 4.79. The van der Waals surface area contributed by atoms with Gasteiger partial charge in [0, 0.05) is 17.2 Å². The zero-order valence-electron chi connectivity index (χ0n) is 7.25. The van der Waals surface area contributed by atoms with Crippen molar-refractivity contribution in [2.24, 2.45) is 0 Å². The molecule has 1 aromatic rings. The molecule has 12 heavy (non-hydrogen) atoms. The van der Waals surface area contributed by atoms with E-state index in [1.807, 2.05) is 7.05 Å². The average Bonchev–Trinajstić information content (AvgIpc) is 2.04. The minimum atomic E-state index is 0.827. The van der Waals surface area contributed by atoms with E-state index < -0.39 is 0 Å². The van der Waals surface area contributed by atoms with Gasteiger partial charge in [-0.25, -0.2) is 0 Å². The minimum absolute atomic E-state index is 0.827. The molecule has 1 aromatic carbocycles. The topological polar surface area (TPSA) is 12.5 Å². The molecule has 0 saturated carbocycles. The Balaban J connectivity index is 2.63. The highest BCUT2D eigenvalue weighted by Gasteiger charge is 1.97. The van der Waals surface area contributed by atoms with E-state index in [1.165, 1.54) is 9.13 Å². The highest BCUT2D eigenvalue weighted by Crippen LogP contribution is 2.09. The van der Waals surface area contributed by atoms with Crippen molar-refractivity contribution in [3.63, 3.8) is 0 Å². The molecule has 0 heterocycles. The molecule has 0 fully saturated rings. The Bertz CT molecular complexity index is 252. The highest BCUT2D eigenvalue weighted by atomic mass is 127. The van der Waals surface area contributed by atoms with E-state index >= 15 is 0 Å². The van der Waals surface area contributed by atoms with Crippen LogP contribution in [0.25, 0.3) is 0 Å². The normalized spacial score (nSPS) is 10.7. The van der Waals surface area contributed by atoms with Gasteiger partial charge in [-0.2, -0.15) is 5.06 Å². The zero-order valence-corrected chi connectivity index (χ0v) is 9.41. The van der Waals surface area contributed by atoms with E-state index in [4.69, 9.17) is 4.84 Å². The van der Waals surface area contributed by atoms with E-state index in [2.05, 4.69) is 46.9 Å². The molecule has 0 aliphatic carbocycles. The summed E-state index contributed by atoms with van der Waals surface area (Å²) in [4.78, 5) is 5.02. The Labute approximate surface area is 86.6 Å². The number of hydrogen-bond acceptors (Lipinski definition) is 2. The monoisotopic (exact) mass is 277 g/mol. The Morgan fingerprint density at radius 2 is 2.25 bits per heavy atom. The summed E-state index contributed by atoms with van der Waals surface area (Å²) in [6.45, 7) is 0.827. The van der Waals surface area contributed by atoms with Crippen LogP contribution in [0.3, 0.4) is 0 Å². The molecule has 0 N–H and O–H groups in total. The summed E-state index contributed by atoms with van der Waals surface area (Å²) in [6, 6.07) is 8.38. The van der Waals surface area contributed by atoms with Crippen molar-refractivity contribution in [1.82, 2.24) is 5.06 Å². The Kier molecular flexibility index (Phi) is 3.97. The van der Waals surface area contributed by atoms with Gasteiger partial charge in [0.25, 0.3) is 0 Å². The van der Waals surface area contributed by atoms with Gasteiger partial charge in [-0.05, 0) is 40.3 Å². The van der Waals surface area contributed by atoms with Crippen molar-refractivity contribution in [1.29, 1.82) is 0 Å². The minimum Gasteiger partial charge on any atom is -0.302 e. The molecule has 0 atom stereocenters. The van der Waals surface area contributed by atoms with Gasteiger partial charge in [0.15, 0.2) is 0 Å². The van der Waals surface area contributed by atoms with Crippen LogP contribution in [-0.2, 0) is 11.4 Å². The van der Waals surface area contributed by atoms with Crippen LogP contribution < -0.4 is 0 Å². The molecule has 0 amide bonds. The Morgan fingerprint density at radius 3 is 2.83 bits per heavy atom. The summed E-state index contributed by atoms with van der Waals surface area (Å²) >= 11 is 2.30. The van der Waals surface area contributed by atoms with Crippen molar-refractivity contribution in [2.45, 2.75) is 6.54 Å². The van der Waals surface area contributed by atoms with Crippen LogP contribution >= 0.6 is 22.6 Å². The second-order valence-corrected chi connectivity index (χ2v) is 3.84. The lowest BCUT2D eigenvalue weighted by Crippen LogP contribution is -2.15. The van der Waals surface area contributed by atoms with Crippen LogP contribution in [0, 0.1) is 3.57 Å². The van der Waals surface area contributed by atoms with Gasteiger partial charge in [0.2, 0.25) is 0 Å².